The summed E-state index contributed by atoms with van der Waals surface area (Å²) in [6.07, 6.45) is 3.35. The number of rotatable bonds is 5. The molecule has 9 nitrogen and oxygen atoms in total. The zero-order valence-corrected chi connectivity index (χ0v) is 17.8. The van der Waals surface area contributed by atoms with Crippen LogP contribution in [-0.4, -0.2) is 66.0 Å². The van der Waals surface area contributed by atoms with E-state index in [1.54, 1.807) is 12.3 Å². The number of pyridine rings is 2. The molecule has 3 aliphatic rings. The molecule has 2 aliphatic heterocycles. The second kappa shape index (κ2) is 8.34. The van der Waals surface area contributed by atoms with Gasteiger partial charge in [-0.1, -0.05) is 0 Å². The Morgan fingerprint density at radius 3 is 2.75 bits per heavy atom. The summed E-state index contributed by atoms with van der Waals surface area (Å²) in [5, 5.41) is 5.39. The van der Waals surface area contributed by atoms with Gasteiger partial charge in [-0.3, -0.25) is 19.5 Å². The van der Waals surface area contributed by atoms with Crippen LogP contribution in [-0.2, 0) is 11.3 Å². The zero-order valence-electron chi connectivity index (χ0n) is 17.8. The summed E-state index contributed by atoms with van der Waals surface area (Å²) < 4.78 is 20.3. The number of nitrogens with zero attached hydrogens (tertiary/aromatic N) is 4. The third kappa shape index (κ3) is 4.10. The summed E-state index contributed by atoms with van der Waals surface area (Å²) in [7, 11) is 1.48. The van der Waals surface area contributed by atoms with Gasteiger partial charge in [-0.15, -0.1) is 0 Å². The first-order valence-electron chi connectivity index (χ1n) is 10.8. The van der Waals surface area contributed by atoms with Crippen molar-refractivity contribution in [1.82, 2.24) is 20.2 Å². The van der Waals surface area contributed by atoms with E-state index in [0.717, 1.165) is 31.6 Å². The van der Waals surface area contributed by atoms with E-state index in [-0.39, 0.29) is 11.6 Å². The Morgan fingerprint density at radius 1 is 1.28 bits per heavy atom. The number of amides is 2. The molecule has 2 N–H and O–H groups in total. The molecule has 2 aromatic heterocycles. The monoisotopic (exact) mass is 440 g/mol. The summed E-state index contributed by atoms with van der Waals surface area (Å²) in [6.45, 7) is 3.33. The van der Waals surface area contributed by atoms with E-state index in [1.807, 2.05) is 11.0 Å². The lowest BCUT2D eigenvalue weighted by Crippen LogP contribution is -2.46. The van der Waals surface area contributed by atoms with Gasteiger partial charge in [0.25, 0.3) is 11.8 Å². The number of nitrogens with one attached hydrogen (secondary N) is 2. The minimum atomic E-state index is -0.642. The molecule has 2 amide bonds. The van der Waals surface area contributed by atoms with Crippen LogP contribution in [0.15, 0.2) is 24.4 Å². The largest absolute Gasteiger partial charge is 0.476 e. The van der Waals surface area contributed by atoms with Crippen molar-refractivity contribution in [2.45, 2.75) is 25.5 Å². The Morgan fingerprint density at radius 2 is 2.06 bits per heavy atom. The fraction of sp³-hybridized carbons (Fsp3) is 0.455. The molecule has 32 heavy (non-hydrogen) atoms. The molecule has 0 spiro atoms. The average Bonchev–Trinajstić information content (AvgIpc) is 3.64. The smallest absolute Gasteiger partial charge is 0.269 e. The van der Waals surface area contributed by atoms with Gasteiger partial charge in [0.15, 0.2) is 11.9 Å². The molecular weight excluding hydrogens is 415 g/mol. The third-order valence-electron chi connectivity index (χ3n) is 6.13. The van der Waals surface area contributed by atoms with E-state index < -0.39 is 18.0 Å². The van der Waals surface area contributed by atoms with Gasteiger partial charge in [0.05, 0.1) is 23.3 Å². The quantitative estimate of drug-likeness (QED) is 0.678. The molecule has 10 heteroatoms. The second-order valence-corrected chi connectivity index (χ2v) is 8.39. The summed E-state index contributed by atoms with van der Waals surface area (Å²) in [5.41, 5.74) is 1.97. The van der Waals surface area contributed by atoms with Crippen molar-refractivity contribution >= 4 is 23.2 Å². The van der Waals surface area contributed by atoms with Gasteiger partial charge in [0.2, 0.25) is 5.95 Å². The normalized spacial score (nSPS) is 20.9. The van der Waals surface area contributed by atoms with E-state index in [4.69, 9.17) is 4.74 Å². The highest BCUT2D eigenvalue weighted by Gasteiger charge is 2.41. The Bertz CT molecular complexity index is 1050. The lowest BCUT2D eigenvalue weighted by atomic mass is 10.1. The Kier molecular flexibility index (Phi) is 5.38. The standard InChI is InChI=1S/C22H25FN6O3/c1-24-21(30)15-4-5-17(20(23)26-15)29-8-6-28(7-9-29)12-14-10-16-18(11-25-14)32-19(13-2-3-13)22(31)27-16/h4-5,10-11,13,19H,2-3,6-9,12H2,1H3,(H,24,30)(H,27,31)/t19-/m0/s1. The van der Waals surface area contributed by atoms with Crippen LogP contribution >= 0.6 is 0 Å². The van der Waals surface area contributed by atoms with Crippen LogP contribution in [0.2, 0.25) is 0 Å². The number of fused-ring (bicyclic) bond motifs is 1. The lowest BCUT2D eigenvalue weighted by Gasteiger charge is -2.36. The maximum absolute atomic E-state index is 14.4. The number of carbonyl (C=O) groups excluding carboxylic acids is 2. The predicted octanol–water partition coefficient (Wildman–Crippen LogP) is 1.41. The summed E-state index contributed by atoms with van der Waals surface area (Å²) in [6, 6.07) is 5.00. The zero-order chi connectivity index (χ0) is 22.2. The number of aromatic nitrogens is 2. The molecule has 1 atom stereocenters. The topological polar surface area (TPSA) is 99.7 Å². The number of ether oxygens (including phenoxy) is 1. The van der Waals surface area contributed by atoms with Crippen molar-refractivity contribution in [3.05, 3.63) is 41.7 Å². The van der Waals surface area contributed by atoms with E-state index in [0.29, 0.717) is 42.7 Å². The van der Waals surface area contributed by atoms with E-state index in [1.165, 1.54) is 13.1 Å². The van der Waals surface area contributed by atoms with Gasteiger partial charge in [0, 0.05) is 45.7 Å². The molecule has 1 saturated carbocycles. The van der Waals surface area contributed by atoms with E-state index >= 15 is 0 Å². The summed E-state index contributed by atoms with van der Waals surface area (Å²) in [4.78, 5) is 36.4. The second-order valence-electron chi connectivity index (χ2n) is 8.39. The van der Waals surface area contributed by atoms with E-state index in [9.17, 15) is 14.0 Å². The van der Waals surface area contributed by atoms with Crippen LogP contribution in [0.5, 0.6) is 5.75 Å². The van der Waals surface area contributed by atoms with Crippen LogP contribution in [0.4, 0.5) is 15.8 Å². The maximum Gasteiger partial charge on any atom is 0.269 e. The number of hydrogen-bond donors (Lipinski definition) is 2. The van der Waals surface area contributed by atoms with Gasteiger partial charge in [-0.2, -0.15) is 4.39 Å². The Hall–Kier alpha value is -3.27. The van der Waals surface area contributed by atoms with Crippen molar-refractivity contribution in [1.29, 1.82) is 0 Å². The van der Waals surface area contributed by atoms with Gasteiger partial charge in [0.1, 0.15) is 5.69 Å². The SMILES string of the molecule is CNC(=O)c1ccc(N2CCN(Cc3cc4c(cn3)O[C@@H](C3CC3)C(=O)N4)CC2)c(F)n1. The molecule has 0 unspecified atom stereocenters. The van der Waals surface area contributed by atoms with Crippen LogP contribution in [0.1, 0.15) is 29.0 Å². The highest BCUT2D eigenvalue weighted by atomic mass is 19.1. The molecule has 5 rings (SSSR count). The van der Waals surface area contributed by atoms with Gasteiger partial charge in [-0.25, -0.2) is 4.98 Å². The van der Waals surface area contributed by atoms with Gasteiger partial charge >= 0.3 is 0 Å². The van der Waals surface area contributed by atoms with Crippen molar-refractivity contribution in [2.75, 3.05) is 43.4 Å². The molecule has 0 radical (unpaired) electrons. The highest BCUT2D eigenvalue weighted by molar-refractivity contribution is 5.98. The maximum atomic E-state index is 14.4. The first-order valence-corrected chi connectivity index (χ1v) is 10.8. The number of halogens is 1. The summed E-state index contributed by atoms with van der Waals surface area (Å²) >= 11 is 0. The Labute approximate surface area is 185 Å². The van der Waals surface area contributed by atoms with Crippen LogP contribution in [0.25, 0.3) is 0 Å². The van der Waals surface area contributed by atoms with Crippen LogP contribution in [0, 0.1) is 11.9 Å². The number of anilines is 2. The number of piperazine rings is 1. The van der Waals surface area contributed by atoms with Crippen molar-refractivity contribution in [3.63, 3.8) is 0 Å². The van der Waals surface area contributed by atoms with E-state index in [2.05, 4.69) is 25.5 Å². The average molecular weight is 440 g/mol. The summed E-state index contributed by atoms with van der Waals surface area (Å²) in [5.74, 6) is -0.195. The molecule has 2 aromatic rings. The van der Waals surface area contributed by atoms with Gasteiger partial charge in [-0.05, 0) is 31.0 Å². The molecule has 4 heterocycles. The molecule has 0 aromatic carbocycles. The molecule has 1 aliphatic carbocycles. The van der Waals surface area contributed by atoms with Crippen molar-refractivity contribution < 1.29 is 18.7 Å². The molecule has 1 saturated heterocycles. The fourth-order valence-corrected chi connectivity index (χ4v) is 4.16. The number of hydrogen-bond acceptors (Lipinski definition) is 7. The fourth-order valence-electron chi connectivity index (χ4n) is 4.16. The lowest BCUT2D eigenvalue weighted by molar-refractivity contribution is -0.124. The first-order chi connectivity index (χ1) is 15.5. The molecule has 0 bridgehead atoms. The predicted molar refractivity (Wildman–Crippen MR) is 115 cm³/mol. The minimum Gasteiger partial charge on any atom is -0.476 e. The first kappa shape index (κ1) is 20.6. The molecule has 168 valence electrons. The van der Waals surface area contributed by atoms with Crippen LogP contribution in [0.3, 0.4) is 0 Å². The molecule has 2 fully saturated rings. The molecular formula is C22H25FN6O3. The van der Waals surface area contributed by atoms with Crippen molar-refractivity contribution in [2.24, 2.45) is 5.92 Å². The highest BCUT2D eigenvalue weighted by Crippen LogP contribution is 2.39. The number of carbonyl (C=O) groups is 2. The Balaban J connectivity index is 1.19. The van der Waals surface area contributed by atoms with Gasteiger partial charge < -0.3 is 20.3 Å². The third-order valence-corrected chi connectivity index (χ3v) is 6.13. The minimum absolute atomic E-state index is 0.0605. The van der Waals surface area contributed by atoms with Crippen LogP contribution < -0.4 is 20.3 Å². The van der Waals surface area contributed by atoms with Crippen molar-refractivity contribution in [3.8, 4) is 5.75 Å².